The average molecular weight is 231 g/mol. The molecule has 17 heavy (non-hydrogen) atoms. The van der Waals surface area contributed by atoms with Gasteiger partial charge in [-0.2, -0.15) is 0 Å². The van der Waals surface area contributed by atoms with Crippen LogP contribution < -0.4 is 5.73 Å². The van der Waals surface area contributed by atoms with Crippen LogP contribution in [0.15, 0.2) is 24.3 Å². The van der Waals surface area contributed by atoms with Gasteiger partial charge in [0.25, 0.3) is 0 Å². The van der Waals surface area contributed by atoms with Gasteiger partial charge in [-0.05, 0) is 37.7 Å². The third-order valence-electron chi connectivity index (χ3n) is 4.51. The molecule has 1 saturated carbocycles. The molecule has 0 spiro atoms. The SMILES string of the molecule is Cc1ccc(C2CC2(N)C2CCOCC2)cc1. The molecular weight excluding hydrogens is 210 g/mol. The van der Waals surface area contributed by atoms with Gasteiger partial charge in [-0.25, -0.2) is 0 Å². The van der Waals surface area contributed by atoms with Gasteiger partial charge >= 0.3 is 0 Å². The van der Waals surface area contributed by atoms with E-state index in [0.29, 0.717) is 11.8 Å². The first-order chi connectivity index (χ1) is 8.20. The van der Waals surface area contributed by atoms with Gasteiger partial charge in [-0.15, -0.1) is 0 Å². The lowest BCUT2D eigenvalue weighted by Gasteiger charge is -2.28. The van der Waals surface area contributed by atoms with Crippen molar-refractivity contribution in [1.82, 2.24) is 0 Å². The summed E-state index contributed by atoms with van der Waals surface area (Å²) in [5, 5.41) is 0. The molecule has 2 unspecified atom stereocenters. The van der Waals surface area contributed by atoms with Gasteiger partial charge in [0.2, 0.25) is 0 Å². The van der Waals surface area contributed by atoms with E-state index in [4.69, 9.17) is 10.5 Å². The van der Waals surface area contributed by atoms with Gasteiger partial charge in [-0.3, -0.25) is 0 Å². The fraction of sp³-hybridized carbons (Fsp3) is 0.600. The molecule has 1 saturated heterocycles. The summed E-state index contributed by atoms with van der Waals surface area (Å²) in [7, 11) is 0. The van der Waals surface area contributed by atoms with Crippen LogP contribution in [0.3, 0.4) is 0 Å². The van der Waals surface area contributed by atoms with E-state index in [1.54, 1.807) is 0 Å². The Labute approximate surface area is 103 Å². The van der Waals surface area contributed by atoms with Crippen molar-refractivity contribution in [1.29, 1.82) is 0 Å². The summed E-state index contributed by atoms with van der Waals surface area (Å²) in [4.78, 5) is 0. The highest BCUT2D eigenvalue weighted by molar-refractivity contribution is 5.35. The monoisotopic (exact) mass is 231 g/mol. The first-order valence-electron chi connectivity index (χ1n) is 6.63. The molecule has 1 aliphatic heterocycles. The Morgan fingerprint density at radius 3 is 2.47 bits per heavy atom. The van der Waals surface area contributed by atoms with Gasteiger partial charge in [0.05, 0.1) is 0 Å². The lowest BCUT2D eigenvalue weighted by Crippen LogP contribution is -2.38. The predicted octanol–water partition coefficient (Wildman–Crippen LogP) is 2.61. The van der Waals surface area contributed by atoms with Crippen LogP contribution in [-0.4, -0.2) is 18.8 Å². The van der Waals surface area contributed by atoms with E-state index in [1.807, 2.05) is 0 Å². The maximum atomic E-state index is 6.58. The molecule has 0 aromatic heterocycles. The molecule has 2 nitrogen and oxygen atoms in total. The summed E-state index contributed by atoms with van der Waals surface area (Å²) in [5.41, 5.74) is 9.38. The molecule has 2 fully saturated rings. The molecular formula is C15H21NO. The van der Waals surface area contributed by atoms with E-state index in [2.05, 4.69) is 31.2 Å². The highest BCUT2D eigenvalue weighted by atomic mass is 16.5. The van der Waals surface area contributed by atoms with Crippen LogP contribution in [0, 0.1) is 12.8 Å². The molecule has 0 amide bonds. The summed E-state index contributed by atoms with van der Waals surface area (Å²) in [6, 6.07) is 8.87. The first kappa shape index (κ1) is 11.2. The van der Waals surface area contributed by atoms with Crippen LogP contribution >= 0.6 is 0 Å². The number of rotatable bonds is 2. The summed E-state index contributed by atoms with van der Waals surface area (Å²) >= 11 is 0. The van der Waals surface area contributed by atoms with E-state index in [-0.39, 0.29) is 5.54 Å². The Bertz CT molecular complexity index is 394. The van der Waals surface area contributed by atoms with Crippen molar-refractivity contribution in [2.24, 2.45) is 11.7 Å². The van der Waals surface area contributed by atoms with E-state index in [0.717, 1.165) is 32.5 Å². The minimum absolute atomic E-state index is 0.0546. The largest absolute Gasteiger partial charge is 0.381 e. The van der Waals surface area contributed by atoms with E-state index >= 15 is 0 Å². The van der Waals surface area contributed by atoms with Gasteiger partial charge in [-0.1, -0.05) is 29.8 Å². The minimum Gasteiger partial charge on any atom is -0.381 e. The second kappa shape index (κ2) is 4.11. The van der Waals surface area contributed by atoms with Gasteiger partial charge in [0.15, 0.2) is 0 Å². The van der Waals surface area contributed by atoms with Crippen molar-refractivity contribution in [3.8, 4) is 0 Å². The Hall–Kier alpha value is -0.860. The lowest BCUT2D eigenvalue weighted by atomic mass is 9.87. The summed E-state index contributed by atoms with van der Waals surface area (Å²) < 4.78 is 5.42. The van der Waals surface area contributed by atoms with Crippen LogP contribution in [0.5, 0.6) is 0 Å². The molecule has 2 atom stereocenters. The Kier molecular flexibility index (Phi) is 2.72. The zero-order valence-electron chi connectivity index (χ0n) is 10.5. The predicted molar refractivity (Wildman–Crippen MR) is 69.0 cm³/mol. The van der Waals surface area contributed by atoms with Crippen LogP contribution in [0.1, 0.15) is 36.3 Å². The molecule has 3 rings (SSSR count). The quantitative estimate of drug-likeness (QED) is 0.849. The maximum Gasteiger partial charge on any atom is 0.0469 e. The summed E-state index contributed by atoms with van der Waals surface area (Å²) in [5.74, 6) is 1.23. The Morgan fingerprint density at radius 2 is 1.82 bits per heavy atom. The van der Waals surface area contributed by atoms with Crippen molar-refractivity contribution in [3.63, 3.8) is 0 Å². The standard InChI is InChI=1S/C15H21NO/c1-11-2-4-12(5-3-11)14-10-15(14,16)13-6-8-17-9-7-13/h2-5,13-14H,6-10,16H2,1H3. The number of nitrogens with two attached hydrogens (primary N) is 1. The van der Waals surface area contributed by atoms with Crippen LogP contribution in [0.2, 0.25) is 0 Å². The van der Waals surface area contributed by atoms with Gasteiger partial charge < -0.3 is 10.5 Å². The topological polar surface area (TPSA) is 35.2 Å². The molecule has 0 bridgehead atoms. The van der Waals surface area contributed by atoms with Gasteiger partial charge in [0, 0.05) is 24.7 Å². The highest BCUT2D eigenvalue weighted by Crippen LogP contribution is 2.56. The molecule has 1 aromatic carbocycles. The number of ether oxygens (including phenoxy) is 1. The molecule has 2 aliphatic rings. The van der Waals surface area contributed by atoms with Crippen molar-refractivity contribution in [2.75, 3.05) is 13.2 Å². The first-order valence-corrected chi connectivity index (χ1v) is 6.63. The fourth-order valence-electron chi connectivity index (χ4n) is 3.21. The number of aryl methyl sites for hydroxylation is 1. The number of hydrogen-bond donors (Lipinski definition) is 1. The fourth-order valence-corrected chi connectivity index (χ4v) is 3.21. The molecule has 92 valence electrons. The van der Waals surface area contributed by atoms with E-state index in [9.17, 15) is 0 Å². The number of hydrogen-bond acceptors (Lipinski definition) is 2. The lowest BCUT2D eigenvalue weighted by molar-refractivity contribution is 0.0544. The Balaban J connectivity index is 1.73. The molecule has 2 heteroatoms. The molecule has 2 N–H and O–H groups in total. The number of benzene rings is 1. The van der Waals surface area contributed by atoms with E-state index in [1.165, 1.54) is 11.1 Å². The third kappa shape index (κ3) is 2.00. The van der Waals surface area contributed by atoms with Crippen molar-refractivity contribution in [3.05, 3.63) is 35.4 Å². The second-order valence-corrected chi connectivity index (χ2v) is 5.67. The van der Waals surface area contributed by atoms with Crippen molar-refractivity contribution >= 4 is 0 Å². The summed E-state index contributed by atoms with van der Waals surface area (Å²) in [6.07, 6.45) is 3.43. The zero-order chi connectivity index (χ0) is 11.9. The molecule has 0 radical (unpaired) electrons. The Morgan fingerprint density at radius 1 is 1.18 bits per heavy atom. The minimum atomic E-state index is 0.0546. The molecule has 1 aliphatic carbocycles. The maximum absolute atomic E-state index is 6.58. The van der Waals surface area contributed by atoms with Crippen molar-refractivity contribution < 1.29 is 4.74 Å². The smallest absolute Gasteiger partial charge is 0.0469 e. The van der Waals surface area contributed by atoms with Gasteiger partial charge in [0.1, 0.15) is 0 Å². The normalized spacial score (nSPS) is 33.6. The van der Waals surface area contributed by atoms with Crippen LogP contribution in [0.25, 0.3) is 0 Å². The van der Waals surface area contributed by atoms with Crippen LogP contribution in [0.4, 0.5) is 0 Å². The highest BCUT2D eigenvalue weighted by Gasteiger charge is 2.56. The van der Waals surface area contributed by atoms with Crippen molar-refractivity contribution in [2.45, 2.75) is 37.6 Å². The zero-order valence-corrected chi connectivity index (χ0v) is 10.5. The van der Waals surface area contributed by atoms with Crippen LogP contribution in [-0.2, 0) is 4.74 Å². The second-order valence-electron chi connectivity index (χ2n) is 5.67. The van der Waals surface area contributed by atoms with E-state index < -0.39 is 0 Å². The molecule has 1 heterocycles. The summed E-state index contributed by atoms with van der Waals surface area (Å²) in [6.45, 7) is 3.92. The molecule has 1 aromatic rings. The average Bonchev–Trinajstić information content (AvgIpc) is 3.05. The third-order valence-corrected chi connectivity index (χ3v) is 4.51.